The van der Waals surface area contributed by atoms with Gasteiger partial charge in [-0.3, -0.25) is 9.97 Å². The van der Waals surface area contributed by atoms with E-state index in [1.807, 2.05) is 24.5 Å². The molecule has 0 spiro atoms. The fourth-order valence-corrected chi connectivity index (χ4v) is 12.4. The van der Waals surface area contributed by atoms with E-state index in [1.54, 1.807) is 0 Å². The van der Waals surface area contributed by atoms with E-state index in [-0.39, 0.29) is 0 Å². The number of hydrogen-bond acceptors (Lipinski definition) is 3. The smallest absolute Gasteiger partial charge is 0.105 e. The molecule has 16 aromatic rings. The molecule has 0 unspecified atom stereocenters. The molecule has 0 atom stereocenters. The summed E-state index contributed by atoms with van der Waals surface area (Å²) in [6.45, 7) is 0. The molecule has 0 amide bonds. The van der Waals surface area contributed by atoms with Crippen LogP contribution in [0.5, 0.6) is 0 Å². The van der Waals surface area contributed by atoms with Crippen LogP contribution in [0, 0.1) is 11.3 Å². The van der Waals surface area contributed by atoms with Crippen LogP contribution in [0.3, 0.4) is 0 Å². The van der Waals surface area contributed by atoms with Crippen molar-refractivity contribution in [3.63, 3.8) is 0 Å². The number of para-hydroxylation sites is 8. The summed E-state index contributed by atoms with van der Waals surface area (Å²) >= 11 is 0. The Labute approximate surface area is 416 Å². The van der Waals surface area contributed by atoms with Crippen molar-refractivity contribution >= 4 is 109 Å². The minimum Gasteiger partial charge on any atom is -0.306 e. The van der Waals surface area contributed by atoms with E-state index in [0.29, 0.717) is 5.56 Å². The van der Waals surface area contributed by atoms with Gasteiger partial charge in [-0.25, -0.2) is 0 Å². The lowest BCUT2D eigenvalue weighted by atomic mass is 10.0. The highest BCUT2D eigenvalue weighted by molar-refractivity contribution is 6.17. The molecular weight excluding hydrogens is 893 g/mol. The van der Waals surface area contributed by atoms with Crippen molar-refractivity contribution in [1.29, 1.82) is 5.26 Å². The summed E-state index contributed by atoms with van der Waals surface area (Å²) in [7, 11) is 0. The number of pyridine rings is 2. The first-order chi connectivity index (χ1) is 36.3. The van der Waals surface area contributed by atoms with Crippen LogP contribution in [0.2, 0.25) is 0 Å². The van der Waals surface area contributed by atoms with Gasteiger partial charge in [-0.15, -0.1) is 0 Å². The maximum Gasteiger partial charge on any atom is 0.105 e. The summed E-state index contributed by atoms with van der Waals surface area (Å²) in [6.07, 6.45) is 3.76. The van der Waals surface area contributed by atoms with Gasteiger partial charge in [0.25, 0.3) is 0 Å². The van der Waals surface area contributed by atoms with Gasteiger partial charge in [-0.2, -0.15) is 5.26 Å². The van der Waals surface area contributed by atoms with Crippen molar-refractivity contribution in [3.05, 3.63) is 236 Å². The van der Waals surface area contributed by atoms with Crippen LogP contribution in [-0.4, -0.2) is 32.8 Å². The maximum absolute atomic E-state index is 12.8. The van der Waals surface area contributed by atoms with Gasteiger partial charge in [0.2, 0.25) is 0 Å². The zero-order valence-corrected chi connectivity index (χ0v) is 39.0. The predicted octanol–water partition coefficient (Wildman–Crippen LogP) is 15.8. The third-order valence-electron chi connectivity index (χ3n) is 15.2. The van der Waals surface area contributed by atoms with Gasteiger partial charge in [0.05, 0.1) is 94.6 Å². The zero-order valence-electron chi connectivity index (χ0n) is 39.0. The average molecular weight is 931 g/mol. The molecule has 0 radical (unpaired) electrons. The molecular formula is C65H38N8. The number of nitriles is 1. The number of benzene rings is 9. The van der Waals surface area contributed by atoms with E-state index in [4.69, 9.17) is 9.97 Å². The average Bonchev–Trinajstić information content (AvgIpc) is 4.25. The van der Waals surface area contributed by atoms with Crippen molar-refractivity contribution in [2.75, 3.05) is 0 Å². The van der Waals surface area contributed by atoms with Gasteiger partial charge in [0, 0.05) is 55.5 Å². The molecule has 0 aliphatic heterocycles. The largest absolute Gasteiger partial charge is 0.306 e. The van der Waals surface area contributed by atoms with Gasteiger partial charge in [-0.1, -0.05) is 146 Å². The van der Waals surface area contributed by atoms with Gasteiger partial charge < -0.3 is 22.8 Å². The molecule has 0 saturated heterocycles. The highest BCUT2D eigenvalue weighted by Crippen LogP contribution is 2.51. The monoisotopic (exact) mass is 930 g/mol. The third-order valence-corrected chi connectivity index (χ3v) is 15.2. The molecule has 0 saturated carbocycles. The van der Waals surface area contributed by atoms with Crippen molar-refractivity contribution in [1.82, 2.24) is 32.8 Å². The minimum absolute atomic E-state index is 0.497. The lowest BCUT2D eigenvalue weighted by Gasteiger charge is -2.30. The van der Waals surface area contributed by atoms with Crippen LogP contribution in [0.1, 0.15) is 5.56 Å². The first-order valence-electron chi connectivity index (χ1n) is 24.6. The number of nitrogens with zero attached hydrogens (tertiary/aromatic N) is 8. The van der Waals surface area contributed by atoms with Gasteiger partial charge >= 0.3 is 0 Å². The van der Waals surface area contributed by atoms with Crippen LogP contribution >= 0.6 is 0 Å². The minimum atomic E-state index is 0.497. The first-order valence-corrected chi connectivity index (χ1v) is 24.6. The molecule has 73 heavy (non-hydrogen) atoms. The van der Waals surface area contributed by atoms with E-state index in [1.165, 1.54) is 0 Å². The van der Waals surface area contributed by atoms with Crippen LogP contribution in [0.4, 0.5) is 0 Å². The van der Waals surface area contributed by atoms with Crippen LogP contribution in [0.15, 0.2) is 231 Å². The molecule has 0 fully saturated rings. The number of hydrogen-bond donors (Lipinski definition) is 0. The van der Waals surface area contributed by atoms with E-state index in [0.717, 1.165) is 138 Å². The Balaban J connectivity index is 1.31. The Kier molecular flexibility index (Phi) is 8.08. The topological polar surface area (TPSA) is 74.2 Å². The van der Waals surface area contributed by atoms with E-state index >= 15 is 0 Å². The second-order valence-electron chi connectivity index (χ2n) is 18.8. The SMILES string of the molecule is N#Cc1c(-n2c3ccccc3c3ccccc32)c(-n2c3ccccc3c3ncccc32)c(-n2c3ccccc3c3ccccc32)c(-n2c3ccccc3c3ncccc32)c1-n1c2ccccc2c2ccccc21. The standard InChI is InChI=1S/C65H38N8/c66-39-48-61(69-49-27-9-1-19-40(49)41-20-2-10-28-50(41)69)63(72-55-33-15-7-25-46(55)59-57(72)35-17-37-67-59)65(71-53-31-13-5-23-44(53)45-24-6-14-32-54(45)71)64(73-56-34-16-8-26-47(56)60-58(73)36-18-38-68-60)62(48)70-51-29-11-3-21-42(51)43-22-4-12-30-52(43)70/h1-38H. The van der Waals surface area contributed by atoms with Crippen LogP contribution in [0.25, 0.3) is 138 Å². The normalized spacial score (nSPS) is 12.1. The third kappa shape index (κ3) is 5.21. The van der Waals surface area contributed by atoms with Crippen molar-refractivity contribution < 1.29 is 0 Å². The lowest BCUT2D eigenvalue weighted by Crippen LogP contribution is -2.18. The summed E-state index contributed by atoms with van der Waals surface area (Å²) in [5.74, 6) is 0. The molecule has 7 aromatic heterocycles. The Morgan fingerprint density at radius 3 is 0.767 bits per heavy atom. The molecule has 338 valence electrons. The molecule has 16 rings (SSSR count). The van der Waals surface area contributed by atoms with Gasteiger partial charge in [0.15, 0.2) is 0 Å². The first kappa shape index (κ1) is 39.6. The molecule has 0 N–H and O–H groups in total. The van der Waals surface area contributed by atoms with E-state index in [2.05, 4.69) is 235 Å². The molecule has 7 heterocycles. The number of fused-ring (bicyclic) bond motifs is 15. The second kappa shape index (κ2) is 14.9. The Hall–Kier alpha value is -10.2. The van der Waals surface area contributed by atoms with Gasteiger partial charge in [-0.05, 0) is 72.8 Å². The summed E-state index contributed by atoms with van der Waals surface area (Å²) < 4.78 is 12.0. The number of aromatic nitrogens is 7. The zero-order chi connectivity index (χ0) is 47.9. The fraction of sp³-hybridized carbons (Fsp3) is 0. The maximum atomic E-state index is 12.8. The summed E-state index contributed by atoms with van der Waals surface area (Å²) in [5, 5.41) is 21.4. The Morgan fingerprint density at radius 1 is 0.247 bits per heavy atom. The summed E-state index contributed by atoms with van der Waals surface area (Å²) in [5.41, 5.74) is 16.0. The Morgan fingerprint density at radius 2 is 0.466 bits per heavy atom. The summed E-state index contributed by atoms with van der Waals surface area (Å²) in [6, 6.07) is 80.4. The summed E-state index contributed by atoms with van der Waals surface area (Å²) in [4.78, 5) is 10.3. The lowest BCUT2D eigenvalue weighted by molar-refractivity contribution is 0.992. The quantitative estimate of drug-likeness (QED) is 0.173. The molecule has 9 aromatic carbocycles. The second-order valence-corrected chi connectivity index (χ2v) is 18.8. The van der Waals surface area contributed by atoms with E-state index in [9.17, 15) is 5.26 Å². The van der Waals surface area contributed by atoms with Crippen molar-refractivity contribution in [3.8, 4) is 34.5 Å². The van der Waals surface area contributed by atoms with E-state index < -0.39 is 0 Å². The van der Waals surface area contributed by atoms with Crippen LogP contribution in [-0.2, 0) is 0 Å². The molecule has 0 aliphatic rings. The molecule has 8 nitrogen and oxygen atoms in total. The van der Waals surface area contributed by atoms with Gasteiger partial charge in [0.1, 0.15) is 11.6 Å². The predicted molar refractivity (Wildman–Crippen MR) is 298 cm³/mol. The molecule has 8 heteroatoms. The van der Waals surface area contributed by atoms with Crippen molar-refractivity contribution in [2.45, 2.75) is 0 Å². The van der Waals surface area contributed by atoms with Crippen LogP contribution < -0.4 is 0 Å². The highest BCUT2D eigenvalue weighted by atomic mass is 15.2. The Bertz CT molecular complexity index is 4550. The fourth-order valence-electron chi connectivity index (χ4n) is 12.4. The molecule has 0 aliphatic carbocycles. The highest BCUT2D eigenvalue weighted by Gasteiger charge is 2.36. The van der Waals surface area contributed by atoms with Crippen molar-refractivity contribution in [2.24, 2.45) is 0 Å². The molecule has 0 bridgehead atoms. The number of rotatable bonds is 5.